The van der Waals surface area contributed by atoms with Crippen molar-refractivity contribution in [2.75, 3.05) is 20.6 Å². The molecule has 0 saturated heterocycles. The van der Waals surface area contributed by atoms with Gasteiger partial charge in [-0.25, -0.2) is 0 Å². The highest BCUT2D eigenvalue weighted by Gasteiger charge is 2.10. The van der Waals surface area contributed by atoms with E-state index in [9.17, 15) is 9.59 Å². The Labute approximate surface area is 84.6 Å². The molecule has 0 bridgehead atoms. The molecule has 0 fully saturated rings. The average molecular weight is 201 g/mol. The lowest BCUT2D eigenvalue weighted by Gasteiger charge is -2.12. The summed E-state index contributed by atoms with van der Waals surface area (Å²) in [5.74, 6) is -0.200. The minimum absolute atomic E-state index is 0.00429. The van der Waals surface area contributed by atoms with Crippen LogP contribution >= 0.6 is 0 Å². The molecule has 1 atom stereocenters. The van der Waals surface area contributed by atoms with Gasteiger partial charge in [0.15, 0.2) is 0 Å². The number of carbonyl (C=O) groups is 2. The number of amides is 2. The van der Waals surface area contributed by atoms with Gasteiger partial charge in [0.1, 0.15) is 0 Å². The number of nitrogens with zero attached hydrogens (tertiary/aromatic N) is 1. The maximum Gasteiger partial charge on any atom is 0.236 e. The fourth-order valence-electron chi connectivity index (χ4n) is 0.833. The first-order chi connectivity index (χ1) is 6.49. The molecule has 1 unspecified atom stereocenters. The molecule has 0 heterocycles. The van der Waals surface area contributed by atoms with Gasteiger partial charge in [-0.05, 0) is 6.42 Å². The number of hydrogen-bond donors (Lipinski definition) is 2. The van der Waals surface area contributed by atoms with E-state index >= 15 is 0 Å². The van der Waals surface area contributed by atoms with Gasteiger partial charge >= 0.3 is 0 Å². The van der Waals surface area contributed by atoms with Gasteiger partial charge in [0, 0.05) is 27.1 Å². The summed E-state index contributed by atoms with van der Waals surface area (Å²) in [5.41, 5.74) is 5.49. The Bertz CT molecular complexity index is 204. The Morgan fingerprint density at radius 1 is 1.43 bits per heavy atom. The van der Waals surface area contributed by atoms with Gasteiger partial charge in [-0.2, -0.15) is 0 Å². The third kappa shape index (κ3) is 4.81. The average Bonchev–Trinajstić information content (AvgIpc) is 2.15. The standard InChI is InChI=1S/C9H19N3O2/c1-4-7(10)9(14)11-6-5-8(13)12(2)3/h7H,4-6,10H2,1-3H3,(H,11,14). The van der Waals surface area contributed by atoms with E-state index in [1.165, 1.54) is 4.90 Å². The third-order valence-corrected chi connectivity index (χ3v) is 1.91. The van der Waals surface area contributed by atoms with E-state index in [4.69, 9.17) is 5.73 Å². The number of rotatable bonds is 5. The molecule has 82 valence electrons. The fraction of sp³-hybridized carbons (Fsp3) is 0.778. The molecule has 5 heteroatoms. The molecule has 0 aliphatic carbocycles. The predicted molar refractivity (Wildman–Crippen MR) is 54.6 cm³/mol. The Hall–Kier alpha value is -1.10. The van der Waals surface area contributed by atoms with Crippen LogP contribution in [0.1, 0.15) is 19.8 Å². The van der Waals surface area contributed by atoms with Crippen molar-refractivity contribution in [2.24, 2.45) is 5.73 Å². The molecule has 0 aromatic heterocycles. The normalized spacial score (nSPS) is 12.0. The molecule has 3 N–H and O–H groups in total. The smallest absolute Gasteiger partial charge is 0.236 e. The summed E-state index contributed by atoms with van der Waals surface area (Å²) in [6, 6.07) is -0.468. The van der Waals surface area contributed by atoms with Crippen molar-refractivity contribution >= 4 is 11.8 Å². The Morgan fingerprint density at radius 3 is 2.43 bits per heavy atom. The van der Waals surface area contributed by atoms with Crippen LogP contribution in [-0.4, -0.2) is 43.4 Å². The summed E-state index contributed by atoms with van der Waals surface area (Å²) >= 11 is 0. The van der Waals surface area contributed by atoms with E-state index in [2.05, 4.69) is 5.32 Å². The first-order valence-corrected chi connectivity index (χ1v) is 4.72. The second-order valence-electron chi connectivity index (χ2n) is 3.34. The van der Waals surface area contributed by atoms with Gasteiger partial charge < -0.3 is 16.0 Å². The van der Waals surface area contributed by atoms with Gasteiger partial charge in [0.25, 0.3) is 0 Å². The van der Waals surface area contributed by atoms with Crippen LogP contribution < -0.4 is 11.1 Å². The Morgan fingerprint density at radius 2 is 2.00 bits per heavy atom. The molecule has 0 saturated carbocycles. The summed E-state index contributed by atoms with van der Waals surface area (Å²) in [6.45, 7) is 2.19. The zero-order valence-electron chi connectivity index (χ0n) is 9.04. The highest BCUT2D eigenvalue weighted by molar-refractivity contribution is 5.82. The number of nitrogens with two attached hydrogens (primary N) is 1. The molecule has 0 aromatic carbocycles. The quantitative estimate of drug-likeness (QED) is 0.618. The van der Waals surface area contributed by atoms with Crippen molar-refractivity contribution < 1.29 is 9.59 Å². The second kappa shape index (κ2) is 6.37. The van der Waals surface area contributed by atoms with Crippen molar-refractivity contribution in [3.63, 3.8) is 0 Å². The van der Waals surface area contributed by atoms with E-state index in [-0.39, 0.29) is 11.8 Å². The van der Waals surface area contributed by atoms with Crippen LogP contribution in [-0.2, 0) is 9.59 Å². The highest BCUT2D eigenvalue weighted by atomic mass is 16.2. The van der Waals surface area contributed by atoms with E-state index in [1.807, 2.05) is 6.92 Å². The van der Waals surface area contributed by atoms with Crippen molar-refractivity contribution in [2.45, 2.75) is 25.8 Å². The largest absolute Gasteiger partial charge is 0.354 e. The van der Waals surface area contributed by atoms with Crippen LogP contribution in [0.5, 0.6) is 0 Å². The van der Waals surface area contributed by atoms with E-state index < -0.39 is 6.04 Å². The summed E-state index contributed by atoms with van der Waals surface area (Å²) in [4.78, 5) is 23.8. The molecule has 14 heavy (non-hydrogen) atoms. The predicted octanol–water partition coefficient (Wildman–Crippen LogP) is -0.682. The summed E-state index contributed by atoms with van der Waals surface area (Å²) in [5, 5.41) is 2.61. The van der Waals surface area contributed by atoms with Crippen LogP contribution in [0.2, 0.25) is 0 Å². The topological polar surface area (TPSA) is 75.4 Å². The van der Waals surface area contributed by atoms with Crippen LogP contribution in [0.3, 0.4) is 0 Å². The van der Waals surface area contributed by atoms with Gasteiger partial charge in [-0.1, -0.05) is 6.92 Å². The third-order valence-electron chi connectivity index (χ3n) is 1.91. The lowest BCUT2D eigenvalue weighted by atomic mass is 10.2. The number of nitrogens with one attached hydrogen (secondary N) is 1. The molecular weight excluding hydrogens is 182 g/mol. The van der Waals surface area contributed by atoms with Crippen molar-refractivity contribution in [3.05, 3.63) is 0 Å². The zero-order valence-corrected chi connectivity index (χ0v) is 9.04. The summed E-state index contributed by atoms with van der Waals surface area (Å²) < 4.78 is 0. The van der Waals surface area contributed by atoms with Crippen molar-refractivity contribution in [3.8, 4) is 0 Å². The first-order valence-electron chi connectivity index (χ1n) is 4.72. The maximum absolute atomic E-state index is 11.2. The number of hydrogen-bond acceptors (Lipinski definition) is 3. The van der Waals surface area contributed by atoms with Crippen LogP contribution in [0.4, 0.5) is 0 Å². The first kappa shape index (κ1) is 12.9. The van der Waals surface area contributed by atoms with Gasteiger partial charge in [0.2, 0.25) is 11.8 Å². The van der Waals surface area contributed by atoms with Crippen LogP contribution in [0, 0.1) is 0 Å². The molecule has 0 rings (SSSR count). The SMILES string of the molecule is CCC(N)C(=O)NCCC(=O)N(C)C. The van der Waals surface area contributed by atoms with E-state index in [1.54, 1.807) is 14.1 Å². The molecule has 0 aliphatic heterocycles. The summed E-state index contributed by atoms with van der Waals surface area (Å²) in [7, 11) is 3.36. The van der Waals surface area contributed by atoms with Crippen LogP contribution in [0.15, 0.2) is 0 Å². The summed E-state index contributed by atoms with van der Waals surface area (Å²) in [6.07, 6.45) is 0.919. The molecule has 0 spiro atoms. The Balaban J connectivity index is 3.64. The van der Waals surface area contributed by atoms with E-state index in [0.29, 0.717) is 19.4 Å². The molecule has 0 aliphatic rings. The lowest BCUT2D eigenvalue weighted by Crippen LogP contribution is -2.41. The minimum Gasteiger partial charge on any atom is -0.354 e. The minimum atomic E-state index is -0.468. The van der Waals surface area contributed by atoms with E-state index in [0.717, 1.165) is 0 Å². The monoisotopic (exact) mass is 201 g/mol. The fourth-order valence-corrected chi connectivity index (χ4v) is 0.833. The Kier molecular flexibility index (Phi) is 5.87. The number of carbonyl (C=O) groups excluding carboxylic acids is 2. The van der Waals surface area contributed by atoms with Crippen LogP contribution in [0.25, 0.3) is 0 Å². The molecule has 5 nitrogen and oxygen atoms in total. The van der Waals surface area contributed by atoms with Crippen molar-refractivity contribution in [1.29, 1.82) is 0 Å². The molecule has 2 amide bonds. The van der Waals surface area contributed by atoms with Gasteiger partial charge in [-0.3, -0.25) is 9.59 Å². The van der Waals surface area contributed by atoms with Gasteiger partial charge in [0.05, 0.1) is 6.04 Å². The molecule has 0 aromatic rings. The maximum atomic E-state index is 11.2. The second-order valence-corrected chi connectivity index (χ2v) is 3.34. The highest BCUT2D eigenvalue weighted by Crippen LogP contribution is 1.88. The zero-order chi connectivity index (χ0) is 11.1. The molecular formula is C9H19N3O2. The lowest BCUT2D eigenvalue weighted by molar-refractivity contribution is -0.128. The molecule has 0 radical (unpaired) electrons. The van der Waals surface area contributed by atoms with Gasteiger partial charge in [-0.15, -0.1) is 0 Å². The van der Waals surface area contributed by atoms with Crippen molar-refractivity contribution in [1.82, 2.24) is 10.2 Å².